The first-order chi connectivity index (χ1) is 14.0. The number of fused-ring (bicyclic) bond motifs is 3. The average Bonchev–Trinajstić information content (AvgIpc) is 3.11. The van der Waals surface area contributed by atoms with Crippen LogP contribution in [-0.4, -0.2) is 32.3 Å². The fourth-order valence-corrected chi connectivity index (χ4v) is 4.07. The Balaban J connectivity index is 1.99. The van der Waals surface area contributed by atoms with E-state index in [0.29, 0.717) is 36.1 Å². The molecule has 0 bridgehead atoms. The predicted octanol–water partition coefficient (Wildman–Crippen LogP) is 2.49. The lowest BCUT2D eigenvalue weighted by Crippen LogP contribution is -2.40. The highest BCUT2D eigenvalue weighted by molar-refractivity contribution is 5.78. The maximum absolute atomic E-state index is 13.3. The van der Waals surface area contributed by atoms with Crippen molar-refractivity contribution in [3.8, 4) is 5.75 Å². The van der Waals surface area contributed by atoms with Crippen LogP contribution in [0.25, 0.3) is 11.2 Å². The summed E-state index contributed by atoms with van der Waals surface area (Å²) < 4.78 is 10.3. The fourth-order valence-electron chi connectivity index (χ4n) is 4.07. The smallest absolute Gasteiger partial charge is 0.332 e. The molecule has 4 rings (SSSR count). The molecular weight excluding hydrogens is 370 g/mol. The number of aromatic nitrogens is 4. The first-order valence-corrected chi connectivity index (χ1v) is 10.1. The quantitative estimate of drug-likeness (QED) is 0.661. The van der Waals surface area contributed by atoms with Gasteiger partial charge in [-0.25, -0.2) is 4.79 Å². The highest BCUT2D eigenvalue weighted by Crippen LogP contribution is 2.37. The van der Waals surface area contributed by atoms with Gasteiger partial charge in [0.1, 0.15) is 5.75 Å². The van der Waals surface area contributed by atoms with Gasteiger partial charge >= 0.3 is 5.69 Å². The Labute approximate surface area is 169 Å². The molecule has 1 aliphatic rings. The van der Waals surface area contributed by atoms with Gasteiger partial charge in [0, 0.05) is 26.7 Å². The molecule has 1 aromatic carbocycles. The number of ether oxygens (including phenoxy) is 1. The van der Waals surface area contributed by atoms with Crippen LogP contribution in [0.3, 0.4) is 0 Å². The van der Waals surface area contributed by atoms with Gasteiger partial charge in [-0.2, -0.15) is 4.98 Å². The van der Waals surface area contributed by atoms with Crippen molar-refractivity contribution in [3.05, 3.63) is 45.1 Å². The van der Waals surface area contributed by atoms with E-state index in [9.17, 15) is 9.59 Å². The standard InChI is InChI=1S/C21H27N5O3/c1-5-6-11-24-19(27)17-18(23(3)21(24)28)22-20-25(12-14(2)13-26(17)20)15-9-7-8-10-16(15)29-4/h7-10,14H,5-6,11-13H2,1-4H3. The van der Waals surface area contributed by atoms with Crippen LogP contribution in [-0.2, 0) is 20.1 Å². The monoisotopic (exact) mass is 397 g/mol. The molecule has 3 heterocycles. The van der Waals surface area contributed by atoms with Crippen LogP contribution in [0.2, 0.25) is 0 Å². The molecule has 1 unspecified atom stereocenters. The van der Waals surface area contributed by atoms with E-state index >= 15 is 0 Å². The average molecular weight is 397 g/mol. The molecule has 1 atom stereocenters. The van der Waals surface area contributed by atoms with Gasteiger partial charge in [0.2, 0.25) is 5.95 Å². The Kier molecular flexibility index (Phi) is 4.94. The Morgan fingerprint density at radius 1 is 1.21 bits per heavy atom. The molecule has 29 heavy (non-hydrogen) atoms. The van der Waals surface area contributed by atoms with Gasteiger partial charge < -0.3 is 14.2 Å². The first-order valence-electron chi connectivity index (χ1n) is 10.1. The number of para-hydroxylation sites is 2. The van der Waals surface area contributed by atoms with Crippen LogP contribution >= 0.6 is 0 Å². The van der Waals surface area contributed by atoms with Crippen LogP contribution in [0.15, 0.2) is 33.9 Å². The maximum atomic E-state index is 13.3. The number of hydrogen-bond acceptors (Lipinski definition) is 5. The summed E-state index contributed by atoms with van der Waals surface area (Å²) in [4.78, 5) is 32.9. The van der Waals surface area contributed by atoms with E-state index < -0.39 is 0 Å². The molecule has 8 nitrogen and oxygen atoms in total. The summed E-state index contributed by atoms with van der Waals surface area (Å²) in [7, 11) is 3.33. The molecule has 0 amide bonds. The minimum Gasteiger partial charge on any atom is -0.495 e. The van der Waals surface area contributed by atoms with Gasteiger partial charge in [-0.05, 0) is 24.5 Å². The van der Waals surface area contributed by atoms with E-state index in [0.717, 1.165) is 30.8 Å². The second-order valence-corrected chi connectivity index (χ2v) is 7.73. The highest BCUT2D eigenvalue weighted by Gasteiger charge is 2.30. The first kappa shape index (κ1) is 19.3. The third kappa shape index (κ3) is 3.03. The summed E-state index contributed by atoms with van der Waals surface area (Å²) in [5.74, 6) is 1.71. The summed E-state index contributed by atoms with van der Waals surface area (Å²) in [6.45, 7) is 6.04. The largest absolute Gasteiger partial charge is 0.495 e. The third-order valence-electron chi connectivity index (χ3n) is 5.55. The molecule has 0 spiro atoms. The van der Waals surface area contributed by atoms with E-state index in [1.54, 1.807) is 14.2 Å². The van der Waals surface area contributed by atoms with Crippen LogP contribution < -0.4 is 20.9 Å². The van der Waals surface area contributed by atoms with Crippen molar-refractivity contribution in [1.82, 2.24) is 18.7 Å². The number of nitrogens with zero attached hydrogens (tertiary/aromatic N) is 5. The minimum atomic E-state index is -0.316. The molecule has 0 saturated heterocycles. The Bertz CT molecular complexity index is 1170. The molecule has 3 aromatic rings. The lowest BCUT2D eigenvalue weighted by molar-refractivity contribution is 0.409. The topological polar surface area (TPSA) is 74.3 Å². The Morgan fingerprint density at radius 3 is 2.69 bits per heavy atom. The zero-order valence-corrected chi connectivity index (χ0v) is 17.4. The number of unbranched alkanes of at least 4 members (excludes halogenated alkanes) is 1. The molecule has 0 N–H and O–H groups in total. The molecule has 1 aliphatic heterocycles. The van der Waals surface area contributed by atoms with Crippen molar-refractivity contribution in [1.29, 1.82) is 0 Å². The predicted molar refractivity (Wildman–Crippen MR) is 113 cm³/mol. The Morgan fingerprint density at radius 2 is 1.97 bits per heavy atom. The molecule has 2 aromatic heterocycles. The summed E-state index contributed by atoms with van der Waals surface area (Å²) in [6.07, 6.45) is 1.70. The second-order valence-electron chi connectivity index (χ2n) is 7.73. The van der Waals surface area contributed by atoms with Gasteiger partial charge in [0.15, 0.2) is 11.2 Å². The number of aryl methyl sites for hydroxylation is 1. The van der Waals surface area contributed by atoms with Crippen LogP contribution in [0.4, 0.5) is 11.6 Å². The number of imidazole rings is 1. The summed E-state index contributed by atoms with van der Waals surface area (Å²) in [6, 6.07) is 7.78. The molecule has 0 fully saturated rings. The normalized spacial score (nSPS) is 16.3. The number of hydrogen-bond donors (Lipinski definition) is 0. The van der Waals surface area contributed by atoms with E-state index in [1.165, 1.54) is 9.13 Å². The third-order valence-corrected chi connectivity index (χ3v) is 5.55. The number of rotatable bonds is 5. The Hall–Kier alpha value is -3.03. The molecular formula is C21H27N5O3. The van der Waals surface area contributed by atoms with Crippen molar-refractivity contribution in [2.75, 3.05) is 18.6 Å². The summed E-state index contributed by atoms with van der Waals surface area (Å²) >= 11 is 0. The second kappa shape index (κ2) is 7.42. The summed E-state index contributed by atoms with van der Waals surface area (Å²) in [5, 5.41) is 0. The van der Waals surface area contributed by atoms with Gasteiger partial charge in [-0.15, -0.1) is 0 Å². The number of benzene rings is 1. The summed E-state index contributed by atoms with van der Waals surface area (Å²) in [5.41, 5.74) is 1.24. The maximum Gasteiger partial charge on any atom is 0.332 e. The zero-order valence-electron chi connectivity index (χ0n) is 17.4. The van der Waals surface area contributed by atoms with Gasteiger partial charge in [0.25, 0.3) is 5.56 Å². The van der Waals surface area contributed by atoms with Crippen LogP contribution in [0.1, 0.15) is 26.7 Å². The van der Waals surface area contributed by atoms with Crippen molar-refractivity contribution < 1.29 is 4.74 Å². The number of anilines is 2. The van der Waals surface area contributed by atoms with E-state index in [-0.39, 0.29) is 11.2 Å². The van der Waals surface area contributed by atoms with Crippen molar-refractivity contribution in [2.24, 2.45) is 13.0 Å². The minimum absolute atomic E-state index is 0.260. The molecule has 0 saturated carbocycles. The molecule has 8 heteroatoms. The van der Waals surface area contributed by atoms with E-state index in [1.807, 2.05) is 35.8 Å². The SMILES string of the molecule is CCCCn1c(=O)c2c(nc3n2CC(C)CN3c2ccccc2OC)n(C)c1=O. The van der Waals surface area contributed by atoms with Crippen molar-refractivity contribution in [2.45, 2.75) is 39.8 Å². The van der Waals surface area contributed by atoms with Crippen molar-refractivity contribution in [3.63, 3.8) is 0 Å². The molecule has 154 valence electrons. The van der Waals surface area contributed by atoms with Gasteiger partial charge in [-0.3, -0.25) is 13.9 Å². The molecule has 0 radical (unpaired) electrons. The fraction of sp³-hybridized carbons (Fsp3) is 0.476. The van der Waals surface area contributed by atoms with E-state index in [2.05, 4.69) is 11.8 Å². The van der Waals surface area contributed by atoms with Gasteiger partial charge in [0.05, 0.1) is 12.8 Å². The number of methoxy groups -OCH3 is 1. The molecule has 0 aliphatic carbocycles. The lowest BCUT2D eigenvalue weighted by Gasteiger charge is -2.33. The van der Waals surface area contributed by atoms with Crippen LogP contribution in [0.5, 0.6) is 5.75 Å². The van der Waals surface area contributed by atoms with Crippen molar-refractivity contribution >= 4 is 22.8 Å². The van der Waals surface area contributed by atoms with Crippen LogP contribution in [0, 0.1) is 5.92 Å². The highest BCUT2D eigenvalue weighted by atomic mass is 16.5. The zero-order chi connectivity index (χ0) is 20.7. The van der Waals surface area contributed by atoms with Gasteiger partial charge in [-0.1, -0.05) is 32.4 Å². The van der Waals surface area contributed by atoms with E-state index in [4.69, 9.17) is 9.72 Å². The lowest BCUT2D eigenvalue weighted by atomic mass is 10.1.